The van der Waals surface area contributed by atoms with E-state index in [0.29, 0.717) is 11.3 Å². The first-order chi connectivity index (χ1) is 13.0. The second-order valence-corrected chi connectivity index (χ2v) is 6.20. The molecule has 1 saturated heterocycles. The molecular formula is C18H19NO7S. The Morgan fingerprint density at radius 1 is 1.07 bits per heavy atom. The highest BCUT2D eigenvalue weighted by Crippen LogP contribution is 2.33. The number of nitrogens with zero attached hydrogens (tertiary/aromatic N) is 1. The van der Waals surface area contributed by atoms with Gasteiger partial charge in [-0.05, 0) is 37.8 Å². The minimum atomic E-state index is -0.653. The molecule has 0 spiro atoms. The Kier molecular flexibility index (Phi) is 7.42. The molecule has 0 aliphatic carbocycles. The van der Waals surface area contributed by atoms with E-state index in [1.165, 1.54) is 6.08 Å². The topological polar surface area (TPSA) is 99.2 Å². The molecule has 144 valence electrons. The van der Waals surface area contributed by atoms with Gasteiger partial charge in [-0.2, -0.15) is 0 Å². The lowest BCUT2D eigenvalue weighted by Gasteiger charge is -2.11. The van der Waals surface area contributed by atoms with Crippen molar-refractivity contribution < 1.29 is 33.4 Å². The van der Waals surface area contributed by atoms with Crippen LogP contribution in [0.5, 0.6) is 5.75 Å². The van der Waals surface area contributed by atoms with E-state index in [9.17, 15) is 19.2 Å². The van der Waals surface area contributed by atoms with E-state index in [1.54, 1.807) is 38.1 Å². The second-order valence-electron chi connectivity index (χ2n) is 5.20. The van der Waals surface area contributed by atoms with E-state index in [-0.39, 0.29) is 24.7 Å². The molecular weight excluding hydrogens is 374 g/mol. The first-order valence-electron chi connectivity index (χ1n) is 8.24. The van der Waals surface area contributed by atoms with Gasteiger partial charge < -0.3 is 14.2 Å². The van der Waals surface area contributed by atoms with Crippen LogP contribution in [0.25, 0.3) is 6.08 Å². The maximum Gasteiger partial charge on any atom is 0.344 e. The number of carbonyl (C=O) groups is 4. The Morgan fingerprint density at radius 3 is 2.44 bits per heavy atom. The van der Waals surface area contributed by atoms with E-state index < -0.39 is 29.6 Å². The lowest BCUT2D eigenvalue weighted by Crippen LogP contribution is -2.34. The summed E-state index contributed by atoms with van der Waals surface area (Å²) in [7, 11) is 0. The molecule has 0 atom stereocenters. The molecule has 1 aliphatic heterocycles. The summed E-state index contributed by atoms with van der Waals surface area (Å²) < 4.78 is 15.0. The SMILES string of the molecule is CCOC(=O)COc1ccccc1/C=C1\SC(=O)N(CC(=O)OCC)C1=O. The molecule has 1 aromatic rings. The summed E-state index contributed by atoms with van der Waals surface area (Å²) in [4.78, 5) is 48.4. The van der Waals surface area contributed by atoms with E-state index >= 15 is 0 Å². The lowest BCUT2D eigenvalue weighted by atomic mass is 10.2. The molecule has 8 nitrogen and oxygen atoms in total. The average molecular weight is 393 g/mol. The van der Waals surface area contributed by atoms with Crippen LogP contribution in [0, 0.1) is 0 Å². The summed E-state index contributed by atoms with van der Waals surface area (Å²) in [5.41, 5.74) is 0.517. The Hall–Kier alpha value is -2.81. The van der Waals surface area contributed by atoms with Crippen LogP contribution >= 0.6 is 11.8 Å². The van der Waals surface area contributed by atoms with Crippen molar-refractivity contribution in [2.24, 2.45) is 0 Å². The van der Waals surface area contributed by atoms with Crippen LogP contribution in [-0.4, -0.2) is 54.4 Å². The zero-order valence-corrected chi connectivity index (χ0v) is 15.7. The van der Waals surface area contributed by atoms with Gasteiger partial charge in [0.15, 0.2) is 6.61 Å². The van der Waals surface area contributed by atoms with Crippen molar-refractivity contribution in [3.8, 4) is 5.75 Å². The first kappa shape index (κ1) is 20.5. The number of carbonyl (C=O) groups excluding carboxylic acids is 4. The zero-order chi connectivity index (χ0) is 19.8. The van der Waals surface area contributed by atoms with E-state index in [4.69, 9.17) is 14.2 Å². The third-order valence-electron chi connectivity index (χ3n) is 3.32. The third-order valence-corrected chi connectivity index (χ3v) is 4.23. The van der Waals surface area contributed by atoms with Gasteiger partial charge in [0, 0.05) is 5.56 Å². The minimum absolute atomic E-state index is 0.150. The highest BCUT2D eigenvalue weighted by molar-refractivity contribution is 8.18. The molecule has 0 saturated carbocycles. The molecule has 2 rings (SSSR count). The number of imide groups is 1. The summed E-state index contributed by atoms with van der Waals surface area (Å²) in [5, 5.41) is -0.552. The van der Waals surface area contributed by atoms with Gasteiger partial charge in [-0.25, -0.2) is 4.79 Å². The maximum absolute atomic E-state index is 12.4. The number of rotatable bonds is 8. The van der Waals surface area contributed by atoms with Crippen LogP contribution in [0.2, 0.25) is 0 Å². The molecule has 0 unspecified atom stereocenters. The number of amides is 2. The van der Waals surface area contributed by atoms with Crippen molar-refractivity contribution in [3.05, 3.63) is 34.7 Å². The van der Waals surface area contributed by atoms with Gasteiger partial charge in [0.2, 0.25) is 0 Å². The Balaban J connectivity index is 2.14. The van der Waals surface area contributed by atoms with Gasteiger partial charge in [-0.1, -0.05) is 18.2 Å². The maximum atomic E-state index is 12.4. The smallest absolute Gasteiger partial charge is 0.344 e. The summed E-state index contributed by atoms with van der Waals surface area (Å²) >= 11 is 0.722. The van der Waals surface area contributed by atoms with Crippen molar-refractivity contribution in [2.45, 2.75) is 13.8 Å². The number of thioether (sulfide) groups is 1. The van der Waals surface area contributed by atoms with Crippen LogP contribution in [0.3, 0.4) is 0 Å². The predicted octanol–water partition coefficient (Wildman–Crippen LogP) is 2.23. The summed E-state index contributed by atoms with van der Waals surface area (Å²) in [5.74, 6) is -1.39. The van der Waals surface area contributed by atoms with Crippen molar-refractivity contribution in [1.29, 1.82) is 0 Å². The molecule has 0 bridgehead atoms. The number of hydrogen-bond donors (Lipinski definition) is 0. The monoisotopic (exact) mass is 393 g/mol. The Bertz CT molecular complexity index is 775. The molecule has 1 heterocycles. The number of benzene rings is 1. The van der Waals surface area contributed by atoms with Crippen molar-refractivity contribution in [2.75, 3.05) is 26.4 Å². The summed E-state index contributed by atoms with van der Waals surface area (Å²) in [6, 6.07) is 6.75. The molecule has 1 fully saturated rings. The highest BCUT2D eigenvalue weighted by Gasteiger charge is 2.36. The van der Waals surface area contributed by atoms with Crippen LogP contribution in [0.15, 0.2) is 29.2 Å². The number of hydrogen-bond acceptors (Lipinski definition) is 8. The molecule has 0 radical (unpaired) electrons. The van der Waals surface area contributed by atoms with Gasteiger partial charge in [-0.15, -0.1) is 0 Å². The highest BCUT2D eigenvalue weighted by atomic mass is 32.2. The number of para-hydroxylation sites is 1. The van der Waals surface area contributed by atoms with Gasteiger partial charge >= 0.3 is 11.9 Å². The normalized spacial score (nSPS) is 15.2. The quantitative estimate of drug-likeness (QED) is 0.490. The fourth-order valence-corrected chi connectivity index (χ4v) is 3.01. The largest absolute Gasteiger partial charge is 0.481 e. The minimum Gasteiger partial charge on any atom is -0.481 e. The van der Waals surface area contributed by atoms with Crippen LogP contribution in [-0.2, 0) is 23.9 Å². The van der Waals surface area contributed by atoms with Gasteiger partial charge in [0.25, 0.3) is 11.1 Å². The third kappa shape index (κ3) is 5.58. The summed E-state index contributed by atoms with van der Waals surface area (Å²) in [6.45, 7) is 3.03. The first-order valence-corrected chi connectivity index (χ1v) is 9.06. The van der Waals surface area contributed by atoms with Crippen molar-refractivity contribution in [1.82, 2.24) is 4.90 Å². The Labute approximate surface area is 160 Å². The predicted molar refractivity (Wildman–Crippen MR) is 97.9 cm³/mol. The van der Waals surface area contributed by atoms with Crippen molar-refractivity contribution in [3.63, 3.8) is 0 Å². The standard InChI is InChI=1S/C18H19NO7S/c1-3-24-15(20)10-19-17(22)14(27-18(19)23)9-12-7-5-6-8-13(12)26-11-16(21)25-4-2/h5-9H,3-4,10-11H2,1-2H3/b14-9-. The van der Waals surface area contributed by atoms with Gasteiger partial charge in [0.05, 0.1) is 18.1 Å². The molecule has 27 heavy (non-hydrogen) atoms. The molecule has 0 N–H and O–H groups in total. The molecule has 0 aromatic heterocycles. The van der Waals surface area contributed by atoms with Crippen LogP contribution in [0.1, 0.15) is 19.4 Å². The fraction of sp³-hybridized carbons (Fsp3) is 0.333. The Morgan fingerprint density at radius 2 is 1.74 bits per heavy atom. The lowest BCUT2D eigenvalue weighted by molar-refractivity contribution is -0.146. The second kappa shape index (κ2) is 9.77. The summed E-state index contributed by atoms with van der Waals surface area (Å²) in [6.07, 6.45) is 1.48. The van der Waals surface area contributed by atoms with Gasteiger partial charge in [0.1, 0.15) is 12.3 Å². The molecule has 2 amide bonds. The van der Waals surface area contributed by atoms with E-state index in [1.807, 2.05) is 0 Å². The molecule has 1 aliphatic rings. The average Bonchev–Trinajstić information content (AvgIpc) is 2.89. The van der Waals surface area contributed by atoms with Crippen LogP contribution < -0.4 is 4.74 Å². The van der Waals surface area contributed by atoms with Gasteiger partial charge in [-0.3, -0.25) is 19.3 Å². The molecule has 9 heteroatoms. The fourth-order valence-electron chi connectivity index (χ4n) is 2.18. The van der Waals surface area contributed by atoms with E-state index in [0.717, 1.165) is 16.7 Å². The van der Waals surface area contributed by atoms with Crippen LogP contribution in [0.4, 0.5) is 4.79 Å². The number of esters is 2. The zero-order valence-electron chi connectivity index (χ0n) is 14.9. The molecule has 1 aromatic carbocycles. The van der Waals surface area contributed by atoms with Crippen molar-refractivity contribution >= 4 is 40.9 Å². The number of ether oxygens (including phenoxy) is 3. The van der Waals surface area contributed by atoms with E-state index in [2.05, 4.69) is 0 Å².